The minimum atomic E-state index is -3.55. The van der Waals surface area contributed by atoms with Crippen molar-refractivity contribution in [3.63, 3.8) is 0 Å². The summed E-state index contributed by atoms with van der Waals surface area (Å²) in [6.07, 6.45) is 0.738. The van der Waals surface area contributed by atoms with Crippen LogP contribution < -0.4 is 5.32 Å². The number of carbonyl (C=O) groups excluding carboxylic acids is 1. The van der Waals surface area contributed by atoms with E-state index in [1.165, 1.54) is 4.31 Å². The van der Waals surface area contributed by atoms with Gasteiger partial charge >= 0.3 is 0 Å². The monoisotopic (exact) mass is 485 g/mol. The maximum atomic E-state index is 12.8. The molecule has 0 bridgehead atoms. The van der Waals surface area contributed by atoms with E-state index in [1.54, 1.807) is 29.5 Å². The average Bonchev–Trinajstić information content (AvgIpc) is 3.37. The van der Waals surface area contributed by atoms with Gasteiger partial charge in [0.15, 0.2) is 0 Å². The van der Waals surface area contributed by atoms with Gasteiger partial charge in [-0.05, 0) is 30.3 Å². The highest BCUT2D eigenvalue weighted by atomic mass is 32.2. The lowest BCUT2D eigenvalue weighted by Crippen LogP contribution is -2.30. The van der Waals surface area contributed by atoms with E-state index >= 15 is 0 Å². The lowest BCUT2D eigenvalue weighted by molar-refractivity contribution is -0.121. The fraction of sp³-hybridized carbons (Fsp3) is 0.348. The van der Waals surface area contributed by atoms with Gasteiger partial charge in [-0.2, -0.15) is 4.31 Å². The Balaban J connectivity index is 1.42. The fourth-order valence-corrected chi connectivity index (χ4v) is 6.20. The number of amides is 1. The van der Waals surface area contributed by atoms with Gasteiger partial charge in [0, 0.05) is 33.0 Å². The minimum Gasteiger partial charge on any atom is -0.350 e. The zero-order valence-corrected chi connectivity index (χ0v) is 20.5. The molecule has 2 heterocycles. The van der Waals surface area contributed by atoms with Crippen molar-refractivity contribution in [3.05, 3.63) is 53.3 Å². The SMILES string of the molecule is CCN(CC)S(=O)(=O)c1ccc2c(c1)nc(CCC(=O)NCc1nc3ccccc3s1)n2C. The number of para-hydroxylation sites is 1. The van der Waals surface area contributed by atoms with Crippen LogP contribution in [-0.2, 0) is 34.8 Å². The number of rotatable bonds is 9. The summed E-state index contributed by atoms with van der Waals surface area (Å²) in [5, 5.41) is 3.79. The smallest absolute Gasteiger partial charge is 0.243 e. The summed E-state index contributed by atoms with van der Waals surface area (Å²) in [7, 11) is -1.67. The number of nitrogens with zero attached hydrogens (tertiary/aromatic N) is 4. The van der Waals surface area contributed by atoms with Crippen molar-refractivity contribution in [2.75, 3.05) is 13.1 Å². The van der Waals surface area contributed by atoms with E-state index < -0.39 is 10.0 Å². The van der Waals surface area contributed by atoms with Crippen molar-refractivity contribution < 1.29 is 13.2 Å². The van der Waals surface area contributed by atoms with Crippen LogP contribution in [0.1, 0.15) is 31.1 Å². The fourth-order valence-electron chi connectivity index (χ4n) is 3.81. The van der Waals surface area contributed by atoms with Crippen LogP contribution in [0.15, 0.2) is 47.4 Å². The van der Waals surface area contributed by atoms with Gasteiger partial charge < -0.3 is 9.88 Å². The highest BCUT2D eigenvalue weighted by Gasteiger charge is 2.22. The molecule has 0 fully saturated rings. The van der Waals surface area contributed by atoms with E-state index in [9.17, 15) is 13.2 Å². The predicted octanol–water partition coefficient (Wildman–Crippen LogP) is 3.46. The molecule has 8 nitrogen and oxygen atoms in total. The number of hydrogen-bond donors (Lipinski definition) is 1. The van der Waals surface area contributed by atoms with Crippen molar-refractivity contribution in [2.45, 2.75) is 38.1 Å². The standard InChI is InChI=1S/C23H27N5O3S2/c1-4-28(5-2)33(30,31)16-10-11-19-18(14-16)25-21(27(19)3)12-13-22(29)24-15-23-26-17-8-6-7-9-20(17)32-23/h6-11,14H,4-5,12-13,15H2,1-3H3,(H,24,29). The van der Waals surface area contributed by atoms with Crippen molar-refractivity contribution >= 4 is 48.5 Å². The van der Waals surface area contributed by atoms with E-state index in [0.29, 0.717) is 31.6 Å². The first kappa shape index (κ1) is 23.3. The van der Waals surface area contributed by atoms with Crippen LogP contribution in [0.3, 0.4) is 0 Å². The van der Waals surface area contributed by atoms with Gasteiger partial charge in [0.25, 0.3) is 0 Å². The van der Waals surface area contributed by atoms with E-state index in [4.69, 9.17) is 0 Å². The van der Waals surface area contributed by atoms with E-state index in [1.807, 2.05) is 49.7 Å². The van der Waals surface area contributed by atoms with Crippen LogP contribution in [0.4, 0.5) is 0 Å². The van der Waals surface area contributed by atoms with Crippen LogP contribution in [0.5, 0.6) is 0 Å². The van der Waals surface area contributed by atoms with Crippen molar-refractivity contribution in [3.8, 4) is 0 Å². The van der Waals surface area contributed by atoms with Gasteiger partial charge in [0.1, 0.15) is 10.8 Å². The Morgan fingerprint density at radius 1 is 1.09 bits per heavy atom. The number of aromatic nitrogens is 3. The molecule has 1 N–H and O–H groups in total. The van der Waals surface area contributed by atoms with Crippen molar-refractivity contribution in [1.82, 2.24) is 24.2 Å². The van der Waals surface area contributed by atoms with Gasteiger partial charge in [0.2, 0.25) is 15.9 Å². The van der Waals surface area contributed by atoms with Crippen LogP contribution in [-0.4, -0.2) is 46.3 Å². The van der Waals surface area contributed by atoms with Crippen LogP contribution in [0.2, 0.25) is 0 Å². The summed E-state index contributed by atoms with van der Waals surface area (Å²) in [5.41, 5.74) is 2.38. The highest BCUT2D eigenvalue weighted by molar-refractivity contribution is 7.89. The lowest BCUT2D eigenvalue weighted by Gasteiger charge is -2.18. The second-order valence-electron chi connectivity index (χ2n) is 7.68. The van der Waals surface area contributed by atoms with E-state index in [-0.39, 0.29) is 17.2 Å². The largest absolute Gasteiger partial charge is 0.350 e. The third-order valence-corrected chi connectivity index (χ3v) is 8.72. The summed E-state index contributed by atoms with van der Waals surface area (Å²) < 4.78 is 30.1. The zero-order valence-electron chi connectivity index (χ0n) is 18.9. The Kier molecular flexibility index (Phi) is 6.78. The molecule has 4 aromatic rings. The quantitative estimate of drug-likeness (QED) is 0.392. The summed E-state index contributed by atoms with van der Waals surface area (Å²) >= 11 is 1.57. The normalized spacial score (nSPS) is 12.1. The number of hydrogen-bond acceptors (Lipinski definition) is 6. The van der Waals surface area contributed by atoms with Gasteiger partial charge in [-0.1, -0.05) is 26.0 Å². The topological polar surface area (TPSA) is 97.2 Å². The third-order valence-electron chi connectivity index (χ3n) is 5.64. The second-order valence-corrected chi connectivity index (χ2v) is 10.7. The van der Waals surface area contributed by atoms with Gasteiger partial charge in [-0.15, -0.1) is 11.3 Å². The predicted molar refractivity (Wildman–Crippen MR) is 131 cm³/mol. The molecular weight excluding hydrogens is 458 g/mol. The first-order valence-corrected chi connectivity index (χ1v) is 13.2. The summed E-state index contributed by atoms with van der Waals surface area (Å²) in [5.74, 6) is 0.656. The van der Waals surface area contributed by atoms with E-state index in [2.05, 4.69) is 15.3 Å². The third kappa shape index (κ3) is 4.78. The van der Waals surface area contributed by atoms with Crippen LogP contribution >= 0.6 is 11.3 Å². The first-order chi connectivity index (χ1) is 15.8. The molecule has 0 saturated heterocycles. The number of thiazole rings is 1. The molecule has 0 aliphatic carbocycles. The Morgan fingerprint density at radius 3 is 2.58 bits per heavy atom. The lowest BCUT2D eigenvalue weighted by atomic mass is 10.3. The second kappa shape index (κ2) is 9.58. The maximum Gasteiger partial charge on any atom is 0.243 e. The summed E-state index contributed by atoms with van der Waals surface area (Å²) in [4.78, 5) is 21.8. The van der Waals surface area contributed by atoms with Crippen LogP contribution in [0.25, 0.3) is 21.3 Å². The molecule has 174 valence electrons. The Labute approximate surface area is 197 Å². The molecule has 0 unspecified atom stereocenters. The van der Waals surface area contributed by atoms with Crippen molar-refractivity contribution in [1.29, 1.82) is 0 Å². The zero-order chi connectivity index (χ0) is 23.6. The average molecular weight is 486 g/mol. The number of imidazole rings is 1. The number of fused-ring (bicyclic) bond motifs is 2. The minimum absolute atomic E-state index is 0.0777. The van der Waals surface area contributed by atoms with Crippen LogP contribution in [0, 0.1) is 0 Å². The Bertz CT molecular complexity index is 1370. The molecule has 2 aromatic heterocycles. The molecule has 0 atom stereocenters. The Morgan fingerprint density at radius 2 is 1.85 bits per heavy atom. The maximum absolute atomic E-state index is 12.8. The van der Waals surface area contributed by atoms with Gasteiger partial charge in [-0.25, -0.2) is 18.4 Å². The number of nitrogens with one attached hydrogen (secondary N) is 1. The van der Waals surface area contributed by atoms with E-state index in [0.717, 1.165) is 26.6 Å². The van der Waals surface area contributed by atoms with Gasteiger partial charge in [0.05, 0.1) is 32.7 Å². The van der Waals surface area contributed by atoms with Gasteiger partial charge in [-0.3, -0.25) is 4.79 Å². The number of sulfonamides is 1. The molecule has 0 spiro atoms. The summed E-state index contributed by atoms with van der Waals surface area (Å²) in [6, 6.07) is 12.9. The highest BCUT2D eigenvalue weighted by Crippen LogP contribution is 2.23. The molecular formula is C23H27N5O3S2. The molecule has 0 aliphatic heterocycles. The number of carbonyl (C=O) groups is 1. The molecule has 4 rings (SSSR count). The molecule has 0 saturated carbocycles. The molecule has 0 radical (unpaired) electrons. The molecule has 33 heavy (non-hydrogen) atoms. The van der Waals surface area contributed by atoms with Crippen molar-refractivity contribution in [2.24, 2.45) is 7.05 Å². The molecule has 0 aliphatic rings. The molecule has 10 heteroatoms. The Hall–Kier alpha value is -2.82. The number of benzene rings is 2. The first-order valence-electron chi connectivity index (χ1n) is 10.9. The molecule has 2 aromatic carbocycles. The molecule has 1 amide bonds. The number of aryl methyl sites for hydroxylation is 2. The summed E-state index contributed by atoms with van der Waals surface area (Å²) in [6.45, 7) is 4.86.